The number of halogens is 2. The molecule has 21 heavy (non-hydrogen) atoms. The molecule has 0 saturated carbocycles. The number of hydrogen-bond acceptors (Lipinski definition) is 4. The molecule has 0 saturated heterocycles. The molecule has 7 heteroatoms. The first kappa shape index (κ1) is 15.7. The third kappa shape index (κ3) is 3.49. The molecular formula is C14H15Cl2N3O2. The van der Waals surface area contributed by atoms with Crippen molar-refractivity contribution in [3.05, 3.63) is 44.2 Å². The van der Waals surface area contributed by atoms with E-state index in [4.69, 9.17) is 33.7 Å². The number of nitrogen functional groups attached to an aromatic ring is 1. The molecule has 1 unspecified atom stereocenters. The van der Waals surface area contributed by atoms with Crippen molar-refractivity contribution in [2.24, 2.45) is 0 Å². The summed E-state index contributed by atoms with van der Waals surface area (Å²) < 4.78 is 5.58. The Kier molecular flexibility index (Phi) is 4.75. The highest BCUT2D eigenvalue weighted by atomic mass is 35.5. The SMILES string of the molecule is CCC(C)c1cc(Oc2c(Cl)cc(N)cc2Cl)n[nH]c1=O. The summed E-state index contributed by atoms with van der Waals surface area (Å²) in [5.74, 6) is 0.567. The number of hydrogen-bond donors (Lipinski definition) is 2. The smallest absolute Gasteiger partial charge is 0.267 e. The van der Waals surface area contributed by atoms with Gasteiger partial charge in [0.25, 0.3) is 5.56 Å². The normalized spacial score (nSPS) is 12.2. The molecule has 0 aliphatic rings. The quantitative estimate of drug-likeness (QED) is 0.832. The van der Waals surface area contributed by atoms with Gasteiger partial charge in [-0.2, -0.15) is 0 Å². The minimum absolute atomic E-state index is 0.0939. The Morgan fingerprint density at radius 2 is 1.95 bits per heavy atom. The van der Waals surface area contributed by atoms with Crippen LogP contribution in [0.5, 0.6) is 11.6 Å². The van der Waals surface area contributed by atoms with Crippen LogP contribution in [0.2, 0.25) is 10.0 Å². The Morgan fingerprint density at radius 1 is 1.33 bits per heavy atom. The maximum atomic E-state index is 11.8. The highest BCUT2D eigenvalue weighted by Gasteiger charge is 2.14. The zero-order valence-electron chi connectivity index (χ0n) is 11.6. The van der Waals surface area contributed by atoms with Crippen LogP contribution in [0.3, 0.4) is 0 Å². The van der Waals surface area contributed by atoms with Crippen molar-refractivity contribution >= 4 is 28.9 Å². The molecule has 0 aliphatic carbocycles. The highest BCUT2D eigenvalue weighted by molar-refractivity contribution is 6.37. The fourth-order valence-electron chi connectivity index (χ4n) is 1.82. The van der Waals surface area contributed by atoms with Crippen molar-refractivity contribution < 1.29 is 4.74 Å². The summed E-state index contributed by atoms with van der Waals surface area (Å²) >= 11 is 12.1. The van der Waals surface area contributed by atoms with Gasteiger partial charge < -0.3 is 10.5 Å². The van der Waals surface area contributed by atoms with E-state index in [1.165, 1.54) is 12.1 Å². The molecule has 1 aromatic carbocycles. The maximum absolute atomic E-state index is 11.8. The summed E-state index contributed by atoms with van der Waals surface area (Å²) in [5.41, 5.74) is 6.44. The lowest BCUT2D eigenvalue weighted by atomic mass is 10.0. The first-order valence-electron chi connectivity index (χ1n) is 6.44. The van der Waals surface area contributed by atoms with Crippen LogP contribution in [0.4, 0.5) is 5.69 Å². The molecule has 0 radical (unpaired) electrons. The van der Waals surface area contributed by atoms with Gasteiger partial charge in [0.2, 0.25) is 5.88 Å². The minimum Gasteiger partial charge on any atom is -0.434 e. The molecule has 2 rings (SSSR count). The number of benzene rings is 1. The molecule has 5 nitrogen and oxygen atoms in total. The number of aromatic amines is 1. The largest absolute Gasteiger partial charge is 0.434 e. The van der Waals surface area contributed by atoms with Crippen molar-refractivity contribution in [3.8, 4) is 11.6 Å². The maximum Gasteiger partial charge on any atom is 0.267 e. The Hall–Kier alpha value is -1.72. The van der Waals surface area contributed by atoms with E-state index < -0.39 is 0 Å². The van der Waals surface area contributed by atoms with Gasteiger partial charge in [-0.15, -0.1) is 5.10 Å². The van der Waals surface area contributed by atoms with Gasteiger partial charge in [-0.3, -0.25) is 4.79 Å². The Morgan fingerprint density at radius 3 is 2.52 bits per heavy atom. The first-order chi connectivity index (χ1) is 9.92. The van der Waals surface area contributed by atoms with Crippen LogP contribution in [0, 0.1) is 0 Å². The Balaban J connectivity index is 2.39. The zero-order valence-corrected chi connectivity index (χ0v) is 13.1. The monoisotopic (exact) mass is 327 g/mol. The number of nitrogens with two attached hydrogens (primary N) is 1. The van der Waals surface area contributed by atoms with Crippen molar-refractivity contribution in [1.29, 1.82) is 0 Å². The fraction of sp³-hybridized carbons (Fsp3) is 0.286. The number of anilines is 1. The molecule has 3 N–H and O–H groups in total. The molecule has 0 bridgehead atoms. The summed E-state index contributed by atoms with van der Waals surface area (Å²) in [7, 11) is 0. The predicted octanol–water partition coefficient (Wildman–Crippen LogP) is 3.96. The van der Waals surface area contributed by atoms with Gasteiger partial charge in [0.15, 0.2) is 5.75 Å². The van der Waals surface area contributed by atoms with Crippen molar-refractivity contribution in [1.82, 2.24) is 10.2 Å². The standard InChI is InChI=1S/C14H15Cl2N3O2/c1-3-7(2)9-6-12(18-19-14(9)20)21-13-10(15)4-8(17)5-11(13)16/h4-7H,3,17H2,1-2H3,(H,19,20). The average molecular weight is 328 g/mol. The van der Waals surface area contributed by atoms with E-state index in [-0.39, 0.29) is 33.2 Å². The second kappa shape index (κ2) is 6.37. The first-order valence-corrected chi connectivity index (χ1v) is 7.20. The molecule has 1 heterocycles. The number of H-pyrrole nitrogens is 1. The Bertz CT molecular complexity index is 693. The third-order valence-electron chi connectivity index (χ3n) is 3.18. The van der Waals surface area contributed by atoms with Gasteiger partial charge >= 0.3 is 0 Å². The van der Waals surface area contributed by atoms with Crippen LogP contribution in [0.25, 0.3) is 0 Å². The second-order valence-electron chi connectivity index (χ2n) is 4.72. The lowest BCUT2D eigenvalue weighted by molar-refractivity contribution is 0.452. The number of ether oxygens (including phenoxy) is 1. The van der Waals surface area contributed by atoms with Crippen molar-refractivity contribution in [3.63, 3.8) is 0 Å². The van der Waals surface area contributed by atoms with E-state index in [1.807, 2.05) is 13.8 Å². The topological polar surface area (TPSA) is 81.0 Å². The summed E-state index contributed by atoms with van der Waals surface area (Å²) in [6.07, 6.45) is 0.829. The Labute approximate surface area is 132 Å². The lowest BCUT2D eigenvalue weighted by Gasteiger charge is -2.12. The van der Waals surface area contributed by atoms with Crippen LogP contribution < -0.4 is 16.0 Å². The second-order valence-corrected chi connectivity index (χ2v) is 5.53. The van der Waals surface area contributed by atoms with Crippen molar-refractivity contribution in [2.75, 3.05) is 5.73 Å². The van der Waals surface area contributed by atoms with E-state index in [2.05, 4.69) is 10.2 Å². The van der Waals surface area contributed by atoms with Gasteiger partial charge in [-0.1, -0.05) is 37.0 Å². The van der Waals surface area contributed by atoms with Gasteiger partial charge in [-0.25, -0.2) is 5.10 Å². The molecule has 0 fully saturated rings. The van der Waals surface area contributed by atoms with Crippen LogP contribution >= 0.6 is 23.2 Å². The predicted molar refractivity (Wildman–Crippen MR) is 84.5 cm³/mol. The lowest BCUT2D eigenvalue weighted by Crippen LogP contribution is -2.16. The molecule has 1 aromatic heterocycles. The fourth-order valence-corrected chi connectivity index (χ4v) is 2.40. The molecule has 2 aromatic rings. The number of nitrogens with one attached hydrogen (secondary N) is 1. The van der Waals surface area contributed by atoms with Gasteiger partial charge in [-0.05, 0) is 24.5 Å². The third-order valence-corrected chi connectivity index (χ3v) is 3.74. The van der Waals surface area contributed by atoms with E-state index in [0.29, 0.717) is 11.3 Å². The minimum atomic E-state index is -0.230. The van der Waals surface area contributed by atoms with E-state index >= 15 is 0 Å². The van der Waals surface area contributed by atoms with Crippen LogP contribution in [0.1, 0.15) is 31.7 Å². The summed E-state index contributed by atoms with van der Waals surface area (Å²) in [6, 6.07) is 4.66. The summed E-state index contributed by atoms with van der Waals surface area (Å²) in [6.45, 7) is 3.95. The van der Waals surface area contributed by atoms with Crippen LogP contribution in [-0.2, 0) is 0 Å². The van der Waals surface area contributed by atoms with E-state index in [1.54, 1.807) is 6.07 Å². The number of aromatic nitrogens is 2. The molecule has 0 amide bonds. The van der Waals surface area contributed by atoms with Gasteiger partial charge in [0.05, 0.1) is 10.0 Å². The molecule has 0 aliphatic heterocycles. The van der Waals surface area contributed by atoms with Crippen LogP contribution in [0.15, 0.2) is 23.0 Å². The van der Waals surface area contributed by atoms with Crippen LogP contribution in [-0.4, -0.2) is 10.2 Å². The van der Waals surface area contributed by atoms with E-state index in [0.717, 1.165) is 6.42 Å². The summed E-state index contributed by atoms with van der Waals surface area (Å²) in [4.78, 5) is 11.8. The van der Waals surface area contributed by atoms with Gasteiger partial charge in [0.1, 0.15) is 0 Å². The van der Waals surface area contributed by atoms with E-state index in [9.17, 15) is 4.79 Å². The number of nitrogens with zero attached hydrogens (tertiary/aromatic N) is 1. The number of rotatable bonds is 4. The van der Waals surface area contributed by atoms with Gasteiger partial charge in [0, 0.05) is 17.3 Å². The molecule has 112 valence electrons. The average Bonchev–Trinajstić information content (AvgIpc) is 2.43. The highest BCUT2D eigenvalue weighted by Crippen LogP contribution is 2.37. The molecule has 1 atom stereocenters. The zero-order chi connectivity index (χ0) is 15.6. The molecule has 0 spiro atoms. The summed E-state index contributed by atoms with van der Waals surface area (Å²) in [5, 5.41) is 6.81. The van der Waals surface area contributed by atoms with Crippen molar-refractivity contribution in [2.45, 2.75) is 26.2 Å². The molecular weight excluding hydrogens is 313 g/mol.